The van der Waals surface area contributed by atoms with Gasteiger partial charge in [-0.1, -0.05) is 6.92 Å². The second-order valence-electron chi connectivity index (χ2n) is 5.09. The third-order valence-corrected chi connectivity index (χ3v) is 3.50. The largest absolute Gasteiger partial charge is 0.349 e. The summed E-state index contributed by atoms with van der Waals surface area (Å²) in [6.45, 7) is 5.96. The fraction of sp³-hybridized carbons (Fsp3) is 0.615. The summed E-state index contributed by atoms with van der Waals surface area (Å²) >= 11 is 0. The van der Waals surface area contributed by atoms with Gasteiger partial charge in [0.2, 0.25) is 0 Å². The van der Waals surface area contributed by atoms with Gasteiger partial charge in [0.05, 0.1) is 0 Å². The molecule has 6 nitrogen and oxygen atoms in total. The third kappa shape index (κ3) is 4.17. The summed E-state index contributed by atoms with van der Waals surface area (Å²) < 4.78 is 0. The van der Waals surface area contributed by atoms with Gasteiger partial charge in [-0.05, 0) is 37.9 Å². The summed E-state index contributed by atoms with van der Waals surface area (Å²) in [6.07, 6.45) is 2.46. The molecule has 1 aromatic heterocycles. The Morgan fingerprint density at radius 2 is 2.21 bits per heavy atom. The topological polar surface area (TPSA) is 78.1 Å². The van der Waals surface area contributed by atoms with Crippen molar-refractivity contribution in [3.63, 3.8) is 0 Å². The average Bonchev–Trinajstić information content (AvgIpc) is 2.41. The fourth-order valence-electron chi connectivity index (χ4n) is 2.17. The molecular formula is C13H20N4O2. The molecule has 1 amide bonds. The Bertz CT molecular complexity index is 457. The van der Waals surface area contributed by atoms with Gasteiger partial charge in [-0.2, -0.15) is 5.10 Å². The summed E-state index contributed by atoms with van der Waals surface area (Å²) in [5.74, 6) is 0.567. The number of H-pyrrole nitrogens is 1. The summed E-state index contributed by atoms with van der Waals surface area (Å²) in [4.78, 5) is 24.9. The van der Waals surface area contributed by atoms with Gasteiger partial charge in [-0.25, -0.2) is 5.10 Å². The van der Waals surface area contributed by atoms with Crippen LogP contribution in [0.2, 0.25) is 0 Å². The van der Waals surface area contributed by atoms with Crippen molar-refractivity contribution in [2.75, 3.05) is 26.2 Å². The smallest absolute Gasteiger partial charge is 0.271 e. The maximum Gasteiger partial charge on any atom is 0.271 e. The molecule has 0 bridgehead atoms. The second kappa shape index (κ2) is 6.47. The zero-order valence-corrected chi connectivity index (χ0v) is 11.2. The molecule has 0 aromatic carbocycles. The van der Waals surface area contributed by atoms with Crippen LogP contribution in [0.5, 0.6) is 0 Å². The van der Waals surface area contributed by atoms with E-state index in [2.05, 4.69) is 27.3 Å². The highest BCUT2D eigenvalue weighted by Crippen LogP contribution is 2.14. The molecule has 0 unspecified atom stereocenters. The molecule has 2 rings (SSSR count). The molecule has 0 saturated carbocycles. The van der Waals surface area contributed by atoms with Crippen molar-refractivity contribution in [3.8, 4) is 0 Å². The van der Waals surface area contributed by atoms with Crippen molar-refractivity contribution in [1.82, 2.24) is 20.4 Å². The molecule has 6 heteroatoms. The van der Waals surface area contributed by atoms with Crippen LogP contribution >= 0.6 is 0 Å². The number of hydrogen-bond donors (Lipinski definition) is 2. The molecule has 19 heavy (non-hydrogen) atoms. The third-order valence-electron chi connectivity index (χ3n) is 3.50. The summed E-state index contributed by atoms with van der Waals surface area (Å²) in [6, 6.07) is 2.73. The van der Waals surface area contributed by atoms with E-state index in [0.717, 1.165) is 25.6 Å². The highest BCUT2D eigenvalue weighted by Gasteiger charge is 2.15. The van der Waals surface area contributed by atoms with E-state index in [1.165, 1.54) is 25.0 Å². The summed E-state index contributed by atoms with van der Waals surface area (Å²) in [7, 11) is 0. The van der Waals surface area contributed by atoms with E-state index in [-0.39, 0.29) is 17.2 Å². The lowest BCUT2D eigenvalue weighted by atomic mass is 9.99. The van der Waals surface area contributed by atoms with E-state index < -0.39 is 0 Å². The predicted molar refractivity (Wildman–Crippen MR) is 72.0 cm³/mol. The summed E-state index contributed by atoms with van der Waals surface area (Å²) in [5.41, 5.74) is -0.0640. The number of amides is 1. The molecular weight excluding hydrogens is 244 g/mol. The maximum absolute atomic E-state index is 11.7. The number of carbonyl (C=O) groups excluding carboxylic acids is 1. The molecule has 1 saturated heterocycles. The SMILES string of the molecule is CC1CCN(CCNC(=O)c2ccc(=O)[nH]n2)CC1. The minimum atomic E-state index is -0.306. The lowest BCUT2D eigenvalue weighted by Gasteiger charge is -2.30. The first kappa shape index (κ1) is 13.7. The molecule has 104 valence electrons. The first-order valence-corrected chi connectivity index (χ1v) is 6.71. The van der Waals surface area contributed by atoms with Gasteiger partial charge in [0, 0.05) is 19.2 Å². The Balaban J connectivity index is 1.72. The Morgan fingerprint density at radius 1 is 1.47 bits per heavy atom. The zero-order valence-electron chi connectivity index (χ0n) is 11.2. The van der Waals surface area contributed by atoms with E-state index in [1.54, 1.807) is 0 Å². The molecule has 1 aromatic rings. The molecule has 1 aliphatic heterocycles. The molecule has 0 atom stereocenters. The molecule has 2 N–H and O–H groups in total. The number of nitrogens with zero attached hydrogens (tertiary/aromatic N) is 2. The second-order valence-corrected chi connectivity index (χ2v) is 5.09. The van der Waals surface area contributed by atoms with E-state index >= 15 is 0 Å². The first-order valence-electron chi connectivity index (χ1n) is 6.71. The maximum atomic E-state index is 11.7. The normalized spacial score (nSPS) is 17.3. The fourth-order valence-corrected chi connectivity index (χ4v) is 2.17. The lowest BCUT2D eigenvalue weighted by molar-refractivity contribution is 0.0938. The van der Waals surface area contributed by atoms with E-state index in [1.807, 2.05) is 0 Å². The lowest BCUT2D eigenvalue weighted by Crippen LogP contribution is -2.39. The van der Waals surface area contributed by atoms with Crippen LogP contribution in [0.25, 0.3) is 0 Å². The Kier molecular flexibility index (Phi) is 4.68. The monoisotopic (exact) mass is 264 g/mol. The zero-order chi connectivity index (χ0) is 13.7. The van der Waals surface area contributed by atoms with E-state index in [0.29, 0.717) is 6.54 Å². The molecule has 0 spiro atoms. The Morgan fingerprint density at radius 3 is 2.84 bits per heavy atom. The number of carbonyl (C=O) groups is 1. The average molecular weight is 264 g/mol. The van der Waals surface area contributed by atoms with Crippen LogP contribution in [0.1, 0.15) is 30.3 Å². The first-order chi connectivity index (χ1) is 9.15. The van der Waals surface area contributed by atoms with Gasteiger partial charge < -0.3 is 10.2 Å². The van der Waals surface area contributed by atoms with E-state index in [9.17, 15) is 9.59 Å². The van der Waals surface area contributed by atoms with Gasteiger partial charge in [-0.3, -0.25) is 9.59 Å². The van der Waals surface area contributed by atoms with Crippen LogP contribution in [-0.4, -0.2) is 47.2 Å². The highest BCUT2D eigenvalue weighted by molar-refractivity contribution is 5.91. The van der Waals surface area contributed by atoms with Crippen molar-refractivity contribution >= 4 is 5.91 Å². The highest BCUT2D eigenvalue weighted by atomic mass is 16.2. The van der Waals surface area contributed by atoms with Gasteiger partial charge in [0.25, 0.3) is 11.5 Å². The number of likely N-dealkylation sites (tertiary alicyclic amines) is 1. The summed E-state index contributed by atoms with van der Waals surface area (Å²) in [5, 5.41) is 8.75. The van der Waals surface area contributed by atoms with Gasteiger partial charge >= 0.3 is 0 Å². The number of hydrogen-bond acceptors (Lipinski definition) is 4. The van der Waals surface area contributed by atoms with Crippen molar-refractivity contribution in [2.24, 2.45) is 5.92 Å². The number of aromatic nitrogens is 2. The van der Waals surface area contributed by atoms with Gasteiger partial charge in [-0.15, -0.1) is 0 Å². The van der Waals surface area contributed by atoms with Crippen LogP contribution < -0.4 is 10.9 Å². The van der Waals surface area contributed by atoms with Crippen LogP contribution in [0.15, 0.2) is 16.9 Å². The molecule has 1 fully saturated rings. The number of piperidine rings is 1. The molecule has 1 aliphatic rings. The van der Waals surface area contributed by atoms with Crippen molar-refractivity contribution in [2.45, 2.75) is 19.8 Å². The van der Waals surface area contributed by atoms with Crippen LogP contribution in [0, 0.1) is 5.92 Å². The number of rotatable bonds is 4. The van der Waals surface area contributed by atoms with Crippen molar-refractivity contribution < 1.29 is 4.79 Å². The minimum absolute atomic E-state index is 0.242. The standard InChI is InChI=1S/C13H20N4O2/c1-10-4-7-17(8-5-10)9-6-14-13(19)11-2-3-12(18)16-15-11/h2-3,10H,4-9H2,1H3,(H,14,19)(H,16,18). The van der Waals surface area contributed by atoms with Crippen LogP contribution in [-0.2, 0) is 0 Å². The van der Waals surface area contributed by atoms with Crippen LogP contribution in [0.3, 0.4) is 0 Å². The molecule has 0 aliphatic carbocycles. The minimum Gasteiger partial charge on any atom is -0.349 e. The van der Waals surface area contributed by atoms with Gasteiger partial charge in [0.1, 0.15) is 5.69 Å². The number of aromatic amines is 1. The van der Waals surface area contributed by atoms with Crippen molar-refractivity contribution in [3.05, 3.63) is 28.2 Å². The molecule has 0 radical (unpaired) electrons. The molecule has 2 heterocycles. The quantitative estimate of drug-likeness (QED) is 0.816. The van der Waals surface area contributed by atoms with Crippen LogP contribution in [0.4, 0.5) is 0 Å². The predicted octanol–water partition coefficient (Wildman–Crippen LogP) is 0.232. The van der Waals surface area contributed by atoms with Gasteiger partial charge in [0.15, 0.2) is 0 Å². The van der Waals surface area contributed by atoms with E-state index in [4.69, 9.17) is 0 Å². The Hall–Kier alpha value is -1.69. The Labute approximate surface area is 112 Å². The van der Waals surface area contributed by atoms with Crippen molar-refractivity contribution in [1.29, 1.82) is 0 Å². The number of nitrogens with one attached hydrogen (secondary N) is 2.